The molecule has 5 nitrogen and oxygen atoms in total. The Morgan fingerprint density at radius 3 is 2.62 bits per heavy atom. The topological polar surface area (TPSA) is 62.2 Å². The summed E-state index contributed by atoms with van der Waals surface area (Å²) in [5.74, 6) is -1.53. The van der Waals surface area contributed by atoms with Gasteiger partial charge in [0.2, 0.25) is 0 Å². The molecule has 0 amide bonds. The molecule has 0 fully saturated rings. The summed E-state index contributed by atoms with van der Waals surface area (Å²) in [7, 11) is 1.48. The maximum Gasteiger partial charge on any atom is 0.295 e. The Kier molecular flexibility index (Phi) is 4.42. The van der Waals surface area contributed by atoms with Crippen molar-refractivity contribution >= 4 is 5.69 Å². The van der Waals surface area contributed by atoms with Gasteiger partial charge in [0.25, 0.3) is 5.56 Å². The summed E-state index contributed by atoms with van der Waals surface area (Å²) in [4.78, 5) is 12.3. The Morgan fingerprint density at radius 2 is 2.05 bits per heavy atom. The summed E-state index contributed by atoms with van der Waals surface area (Å²) >= 11 is 0. The molecule has 0 bridgehead atoms. The van der Waals surface area contributed by atoms with Crippen LogP contribution in [-0.4, -0.2) is 16.5 Å². The molecule has 0 unspecified atom stereocenters. The van der Waals surface area contributed by atoms with Crippen molar-refractivity contribution in [3.8, 4) is 5.69 Å². The van der Waals surface area contributed by atoms with Crippen molar-refractivity contribution < 1.29 is 13.5 Å². The lowest BCUT2D eigenvalue weighted by Gasteiger charge is -2.14. The number of aromatic nitrogens is 2. The summed E-state index contributed by atoms with van der Waals surface area (Å²) in [6.45, 7) is 2.52. The molecule has 1 aromatic heterocycles. The molecule has 7 heteroatoms. The van der Waals surface area contributed by atoms with E-state index in [2.05, 4.69) is 0 Å². The van der Waals surface area contributed by atoms with Crippen LogP contribution in [0, 0.1) is 11.6 Å². The first-order valence-electron chi connectivity index (χ1n) is 6.55. The van der Waals surface area contributed by atoms with Crippen LogP contribution in [0.15, 0.2) is 23.0 Å². The Hall–Kier alpha value is -2.15. The van der Waals surface area contributed by atoms with Gasteiger partial charge in [0, 0.05) is 19.7 Å². The molecule has 1 aromatic carbocycles. The number of hydrogen-bond acceptors (Lipinski definition) is 3. The number of nitrogens with two attached hydrogens (primary N) is 1. The predicted octanol–water partition coefficient (Wildman–Crippen LogP) is 2.06. The average molecular weight is 297 g/mol. The molecule has 0 spiro atoms. The van der Waals surface area contributed by atoms with E-state index in [0.29, 0.717) is 18.7 Å². The van der Waals surface area contributed by atoms with Gasteiger partial charge in [-0.05, 0) is 18.6 Å². The lowest BCUT2D eigenvalue weighted by atomic mass is 10.3. The number of rotatable bonds is 5. The minimum atomic E-state index is -0.823. The highest BCUT2D eigenvalue weighted by Gasteiger charge is 2.20. The fraction of sp³-hybridized carbons (Fsp3) is 0.357. The molecule has 0 radical (unpaired) electrons. The third-order valence-electron chi connectivity index (χ3n) is 3.14. The third kappa shape index (κ3) is 2.69. The van der Waals surface area contributed by atoms with Gasteiger partial charge in [0.15, 0.2) is 5.82 Å². The first-order valence-corrected chi connectivity index (χ1v) is 6.55. The van der Waals surface area contributed by atoms with E-state index in [-0.39, 0.29) is 18.0 Å². The summed E-state index contributed by atoms with van der Waals surface area (Å²) in [6, 6.07) is 3.05. The molecule has 2 N–H and O–H groups in total. The molecule has 2 aromatic rings. The highest BCUT2D eigenvalue weighted by Crippen LogP contribution is 2.18. The van der Waals surface area contributed by atoms with E-state index in [9.17, 15) is 13.6 Å². The van der Waals surface area contributed by atoms with E-state index in [0.717, 1.165) is 16.8 Å². The maximum absolute atomic E-state index is 14.0. The highest BCUT2D eigenvalue weighted by molar-refractivity contribution is 5.45. The largest absolute Gasteiger partial charge is 0.393 e. The minimum absolute atomic E-state index is 0.00836. The fourth-order valence-corrected chi connectivity index (χ4v) is 2.24. The summed E-state index contributed by atoms with van der Waals surface area (Å²) < 4.78 is 34.8. The second kappa shape index (κ2) is 6.09. The first kappa shape index (κ1) is 15.2. The standard InChI is InChI=1S/C14H17F2N3O2/c1-3-6-18-12(8-21-2)13(17)14(20)19(18)11-5-4-9(15)7-10(11)16/h4-5,7H,3,6,8,17H2,1-2H3. The molecule has 0 aliphatic heterocycles. The lowest BCUT2D eigenvalue weighted by molar-refractivity contribution is 0.176. The Labute approximate surface area is 120 Å². The van der Waals surface area contributed by atoms with Crippen LogP contribution in [0.25, 0.3) is 5.69 Å². The second-order valence-corrected chi connectivity index (χ2v) is 4.63. The second-order valence-electron chi connectivity index (χ2n) is 4.63. The number of benzene rings is 1. The Balaban J connectivity index is 2.72. The molecule has 0 saturated carbocycles. The number of hydrogen-bond donors (Lipinski definition) is 1. The van der Waals surface area contributed by atoms with Crippen molar-refractivity contribution in [2.24, 2.45) is 0 Å². The average Bonchev–Trinajstić information content (AvgIpc) is 2.66. The zero-order chi connectivity index (χ0) is 15.6. The van der Waals surface area contributed by atoms with Crippen molar-refractivity contribution in [3.05, 3.63) is 45.9 Å². The number of anilines is 1. The molecule has 21 heavy (non-hydrogen) atoms. The minimum Gasteiger partial charge on any atom is -0.393 e. The molecule has 0 aliphatic carbocycles. The Bertz CT molecular complexity index is 707. The number of nitrogens with zero attached hydrogens (tertiary/aromatic N) is 2. The van der Waals surface area contributed by atoms with Gasteiger partial charge in [0.05, 0.1) is 12.3 Å². The van der Waals surface area contributed by atoms with E-state index < -0.39 is 17.2 Å². The molecule has 2 rings (SSSR count). The van der Waals surface area contributed by atoms with Crippen molar-refractivity contribution in [2.75, 3.05) is 12.8 Å². The molecular weight excluding hydrogens is 280 g/mol. The first-order chi connectivity index (χ1) is 10.0. The molecule has 1 heterocycles. The maximum atomic E-state index is 14.0. The van der Waals surface area contributed by atoms with Crippen LogP contribution in [0.2, 0.25) is 0 Å². The van der Waals surface area contributed by atoms with Gasteiger partial charge in [-0.2, -0.15) is 0 Å². The van der Waals surface area contributed by atoms with Gasteiger partial charge >= 0.3 is 0 Å². The molecule has 114 valence electrons. The van der Waals surface area contributed by atoms with Gasteiger partial charge in [-0.25, -0.2) is 13.5 Å². The number of methoxy groups -OCH3 is 1. The number of ether oxygens (including phenoxy) is 1. The number of halogens is 2. The van der Waals surface area contributed by atoms with Crippen LogP contribution >= 0.6 is 0 Å². The van der Waals surface area contributed by atoms with Crippen molar-refractivity contribution in [3.63, 3.8) is 0 Å². The van der Waals surface area contributed by atoms with Crippen LogP contribution in [0.1, 0.15) is 19.0 Å². The van der Waals surface area contributed by atoms with Crippen LogP contribution in [0.3, 0.4) is 0 Å². The van der Waals surface area contributed by atoms with Crippen LogP contribution < -0.4 is 11.3 Å². The molecular formula is C14H17F2N3O2. The summed E-state index contributed by atoms with van der Waals surface area (Å²) in [5.41, 5.74) is 5.72. The van der Waals surface area contributed by atoms with Crippen molar-refractivity contribution in [1.29, 1.82) is 0 Å². The van der Waals surface area contributed by atoms with Gasteiger partial charge in [-0.15, -0.1) is 0 Å². The van der Waals surface area contributed by atoms with Crippen molar-refractivity contribution in [1.82, 2.24) is 9.36 Å². The van der Waals surface area contributed by atoms with Gasteiger partial charge < -0.3 is 10.5 Å². The van der Waals surface area contributed by atoms with Gasteiger partial charge in [-0.3, -0.25) is 9.48 Å². The predicted molar refractivity (Wildman–Crippen MR) is 75.4 cm³/mol. The SMILES string of the molecule is CCCn1c(COC)c(N)c(=O)n1-c1ccc(F)cc1F. The van der Waals surface area contributed by atoms with Gasteiger partial charge in [0.1, 0.15) is 17.2 Å². The van der Waals surface area contributed by atoms with Gasteiger partial charge in [-0.1, -0.05) is 6.92 Å². The quantitative estimate of drug-likeness (QED) is 0.919. The normalized spacial score (nSPS) is 11.0. The summed E-state index contributed by atoms with van der Waals surface area (Å²) in [5, 5.41) is 0. The van der Waals surface area contributed by atoms with Crippen molar-refractivity contribution in [2.45, 2.75) is 26.5 Å². The van der Waals surface area contributed by atoms with E-state index in [1.165, 1.54) is 13.2 Å². The van der Waals surface area contributed by atoms with Crippen LogP contribution in [0.5, 0.6) is 0 Å². The smallest absolute Gasteiger partial charge is 0.295 e. The Morgan fingerprint density at radius 1 is 1.33 bits per heavy atom. The van der Waals surface area contributed by atoms with E-state index >= 15 is 0 Å². The number of nitrogen functional groups attached to an aromatic ring is 1. The van der Waals surface area contributed by atoms with E-state index in [1.807, 2.05) is 6.92 Å². The van der Waals surface area contributed by atoms with E-state index in [4.69, 9.17) is 10.5 Å². The fourth-order valence-electron chi connectivity index (χ4n) is 2.24. The monoisotopic (exact) mass is 297 g/mol. The zero-order valence-electron chi connectivity index (χ0n) is 11.9. The summed E-state index contributed by atoms with van der Waals surface area (Å²) in [6.07, 6.45) is 0.715. The lowest BCUT2D eigenvalue weighted by Crippen LogP contribution is -2.23. The van der Waals surface area contributed by atoms with Crippen LogP contribution in [0.4, 0.5) is 14.5 Å². The van der Waals surface area contributed by atoms with E-state index in [1.54, 1.807) is 4.68 Å². The molecule has 0 atom stereocenters. The van der Waals surface area contributed by atoms with Crippen LogP contribution in [-0.2, 0) is 17.9 Å². The molecule has 0 aliphatic rings. The molecule has 0 saturated heterocycles. The zero-order valence-corrected chi connectivity index (χ0v) is 11.9. The third-order valence-corrected chi connectivity index (χ3v) is 3.14. The highest BCUT2D eigenvalue weighted by atomic mass is 19.1.